The molecule has 0 radical (unpaired) electrons. The average Bonchev–Trinajstić information content (AvgIpc) is 2.48. The molecule has 106 valence electrons. The van der Waals surface area contributed by atoms with Gasteiger partial charge in [-0.2, -0.15) is 0 Å². The van der Waals surface area contributed by atoms with Gasteiger partial charge in [-0.3, -0.25) is 0 Å². The zero-order valence-corrected chi connectivity index (χ0v) is 13.4. The third kappa shape index (κ3) is 3.32. The standard InChI is InChI=1S/C16H19BrN2O/c1-19(11-13-5-3-4-6-15(13)17)16-9-14(20-2)8-7-12(16)10-18/h3-9H,10-11,18H2,1-2H3. The summed E-state index contributed by atoms with van der Waals surface area (Å²) in [6.07, 6.45) is 0. The van der Waals surface area contributed by atoms with Crippen molar-refractivity contribution in [3.05, 3.63) is 58.1 Å². The van der Waals surface area contributed by atoms with Gasteiger partial charge >= 0.3 is 0 Å². The molecule has 0 fully saturated rings. The van der Waals surface area contributed by atoms with Crippen molar-refractivity contribution >= 4 is 21.6 Å². The number of hydrogen-bond acceptors (Lipinski definition) is 3. The largest absolute Gasteiger partial charge is 0.497 e. The molecule has 0 aliphatic rings. The highest BCUT2D eigenvalue weighted by Gasteiger charge is 2.10. The lowest BCUT2D eigenvalue weighted by Crippen LogP contribution is -2.19. The number of nitrogens with zero attached hydrogens (tertiary/aromatic N) is 1. The highest BCUT2D eigenvalue weighted by atomic mass is 79.9. The quantitative estimate of drug-likeness (QED) is 0.908. The summed E-state index contributed by atoms with van der Waals surface area (Å²) in [7, 11) is 3.74. The van der Waals surface area contributed by atoms with Gasteiger partial charge in [-0.05, 0) is 23.3 Å². The summed E-state index contributed by atoms with van der Waals surface area (Å²) in [5, 5.41) is 0. The first kappa shape index (κ1) is 14.9. The molecular weight excluding hydrogens is 316 g/mol. The van der Waals surface area contributed by atoms with Crippen molar-refractivity contribution < 1.29 is 4.74 Å². The molecule has 0 aromatic heterocycles. The Bertz CT molecular complexity index is 586. The summed E-state index contributed by atoms with van der Waals surface area (Å²) < 4.78 is 6.42. The Morgan fingerprint density at radius 3 is 2.55 bits per heavy atom. The van der Waals surface area contributed by atoms with Crippen LogP contribution in [-0.2, 0) is 13.1 Å². The van der Waals surface area contributed by atoms with Crippen LogP contribution in [0.15, 0.2) is 46.9 Å². The Morgan fingerprint density at radius 1 is 1.15 bits per heavy atom. The Balaban J connectivity index is 2.28. The van der Waals surface area contributed by atoms with Crippen LogP contribution in [0.2, 0.25) is 0 Å². The second-order valence-corrected chi connectivity index (χ2v) is 5.50. The molecule has 2 aromatic carbocycles. The van der Waals surface area contributed by atoms with Crippen LogP contribution in [0.1, 0.15) is 11.1 Å². The maximum atomic E-state index is 5.83. The monoisotopic (exact) mass is 334 g/mol. The molecule has 0 amide bonds. The Kier molecular flexibility index (Phi) is 5.04. The lowest BCUT2D eigenvalue weighted by molar-refractivity contribution is 0.414. The fourth-order valence-electron chi connectivity index (χ4n) is 2.17. The molecule has 2 aromatic rings. The second kappa shape index (κ2) is 6.77. The van der Waals surface area contributed by atoms with Crippen LogP contribution in [0, 0.1) is 0 Å². The summed E-state index contributed by atoms with van der Waals surface area (Å²) in [4.78, 5) is 2.19. The minimum Gasteiger partial charge on any atom is -0.497 e. The number of rotatable bonds is 5. The van der Waals surface area contributed by atoms with Crippen LogP contribution in [0.4, 0.5) is 5.69 Å². The molecule has 0 saturated heterocycles. The number of hydrogen-bond donors (Lipinski definition) is 1. The molecule has 0 spiro atoms. The smallest absolute Gasteiger partial charge is 0.120 e. The molecule has 20 heavy (non-hydrogen) atoms. The zero-order chi connectivity index (χ0) is 14.5. The van der Waals surface area contributed by atoms with Crippen molar-refractivity contribution in [1.29, 1.82) is 0 Å². The number of methoxy groups -OCH3 is 1. The second-order valence-electron chi connectivity index (χ2n) is 4.65. The van der Waals surface area contributed by atoms with Crippen molar-refractivity contribution in [2.45, 2.75) is 13.1 Å². The van der Waals surface area contributed by atoms with E-state index in [2.05, 4.69) is 40.0 Å². The van der Waals surface area contributed by atoms with Crippen LogP contribution in [-0.4, -0.2) is 14.2 Å². The predicted molar refractivity (Wildman–Crippen MR) is 87.1 cm³/mol. The van der Waals surface area contributed by atoms with E-state index in [0.717, 1.165) is 28.0 Å². The van der Waals surface area contributed by atoms with E-state index in [9.17, 15) is 0 Å². The summed E-state index contributed by atoms with van der Waals surface area (Å²) in [6.45, 7) is 1.32. The van der Waals surface area contributed by atoms with E-state index in [4.69, 9.17) is 10.5 Å². The molecule has 4 heteroatoms. The van der Waals surface area contributed by atoms with E-state index in [1.807, 2.05) is 30.3 Å². The number of benzene rings is 2. The van der Waals surface area contributed by atoms with Crippen molar-refractivity contribution in [2.24, 2.45) is 5.73 Å². The molecule has 2 N–H and O–H groups in total. The van der Waals surface area contributed by atoms with E-state index in [1.165, 1.54) is 5.56 Å². The maximum absolute atomic E-state index is 5.83. The topological polar surface area (TPSA) is 38.5 Å². The van der Waals surface area contributed by atoms with Gasteiger partial charge in [-0.15, -0.1) is 0 Å². The first-order chi connectivity index (χ1) is 9.65. The van der Waals surface area contributed by atoms with Crippen molar-refractivity contribution in [1.82, 2.24) is 0 Å². The first-order valence-corrected chi connectivity index (χ1v) is 7.26. The van der Waals surface area contributed by atoms with E-state index in [1.54, 1.807) is 7.11 Å². The molecule has 0 bridgehead atoms. The highest BCUT2D eigenvalue weighted by Crippen LogP contribution is 2.27. The van der Waals surface area contributed by atoms with Gasteiger partial charge in [0.05, 0.1) is 7.11 Å². The van der Waals surface area contributed by atoms with Crippen LogP contribution < -0.4 is 15.4 Å². The molecule has 0 aliphatic carbocycles. The van der Waals surface area contributed by atoms with Gasteiger partial charge in [0.1, 0.15) is 5.75 Å². The van der Waals surface area contributed by atoms with Gasteiger partial charge in [-0.1, -0.05) is 40.2 Å². The van der Waals surface area contributed by atoms with E-state index >= 15 is 0 Å². The molecular formula is C16H19BrN2O. The summed E-state index contributed by atoms with van der Waals surface area (Å²) in [5.41, 5.74) is 9.27. The van der Waals surface area contributed by atoms with Gasteiger partial charge in [-0.25, -0.2) is 0 Å². The van der Waals surface area contributed by atoms with E-state index in [0.29, 0.717) is 6.54 Å². The minimum atomic E-state index is 0.514. The Morgan fingerprint density at radius 2 is 1.90 bits per heavy atom. The SMILES string of the molecule is COc1ccc(CN)c(N(C)Cc2ccccc2Br)c1. The third-order valence-electron chi connectivity index (χ3n) is 3.29. The van der Waals surface area contributed by atoms with E-state index in [-0.39, 0.29) is 0 Å². The van der Waals surface area contributed by atoms with Gasteiger partial charge in [0.2, 0.25) is 0 Å². The number of anilines is 1. The summed E-state index contributed by atoms with van der Waals surface area (Å²) in [5.74, 6) is 0.844. The van der Waals surface area contributed by atoms with Gasteiger partial charge in [0.15, 0.2) is 0 Å². The third-order valence-corrected chi connectivity index (χ3v) is 4.06. The lowest BCUT2D eigenvalue weighted by Gasteiger charge is -2.23. The minimum absolute atomic E-state index is 0.514. The summed E-state index contributed by atoms with van der Waals surface area (Å²) in [6, 6.07) is 14.2. The van der Waals surface area contributed by atoms with Gasteiger partial charge in [0.25, 0.3) is 0 Å². The van der Waals surface area contributed by atoms with Gasteiger partial charge in [0, 0.05) is 36.4 Å². The molecule has 2 rings (SSSR count). The fraction of sp³-hybridized carbons (Fsp3) is 0.250. The first-order valence-electron chi connectivity index (χ1n) is 6.47. The Labute approximate surface area is 128 Å². The van der Waals surface area contributed by atoms with Gasteiger partial charge < -0.3 is 15.4 Å². The molecule has 0 heterocycles. The number of ether oxygens (including phenoxy) is 1. The number of nitrogens with two attached hydrogens (primary N) is 1. The molecule has 0 saturated carbocycles. The van der Waals surface area contributed by atoms with Crippen LogP contribution in [0.25, 0.3) is 0 Å². The molecule has 0 unspecified atom stereocenters. The van der Waals surface area contributed by atoms with E-state index < -0.39 is 0 Å². The highest BCUT2D eigenvalue weighted by molar-refractivity contribution is 9.10. The molecule has 3 nitrogen and oxygen atoms in total. The Hall–Kier alpha value is -1.52. The van der Waals surface area contributed by atoms with Crippen molar-refractivity contribution in [3.63, 3.8) is 0 Å². The predicted octanol–water partition coefficient (Wildman–Crippen LogP) is 3.55. The van der Waals surface area contributed by atoms with Crippen molar-refractivity contribution in [3.8, 4) is 5.75 Å². The maximum Gasteiger partial charge on any atom is 0.120 e. The average molecular weight is 335 g/mol. The number of halogens is 1. The van der Waals surface area contributed by atoms with Crippen LogP contribution >= 0.6 is 15.9 Å². The van der Waals surface area contributed by atoms with Crippen LogP contribution in [0.3, 0.4) is 0 Å². The molecule has 0 aliphatic heterocycles. The fourth-order valence-corrected chi connectivity index (χ4v) is 2.58. The lowest BCUT2D eigenvalue weighted by atomic mass is 10.1. The summed E-state index contributed by atoms with van der Waals surface area (Å²) >= 11 is 3.58. The van der Waals surface area contributed by atoms with Crippen LogP contribution in [0.5, 0.6) is 5.75 Å². The van der Waals surface area contributed by atoms with Crippen molar-refractivity contribution in [2.75, 3.05) is 19.1 Å². The normalized spacial score (nSPS) is 10.4. The zero-order valence-electron chi connectivity index (χ0n) is 11.8. The molecule has 0 atom stereocenters.